The van der Waals surface area contributed by atoms with Gasteiger partial charge in [-0.15, -0.1) is 0 Å². The smallest absolute Gasteiger partial charge is 0.247 e. The van der Waals surface area contributed by atoms with Gasteiger partial charge in [0.15, 0.2) is 0 Å². The number of amides is 1. The Balaban J connectivity index is 2.00. The van der Waals surface area contributed by atoms with Crippen LogP contribution >= 0.6 is 0 Å². The molecule has 0 N–H and O–H groups in total. The summed E-state index contributed by atoms with van der Waals surface area (Å²) in [7, 11) is 3.65. The average Bonchev–Trinajstić information content (AvgIpc) is 2.98. The van der Waals surface area contributed by atoms with Gasteiger partial charge in [0.25, 0.3) is 0 Å². The zero-order valence-corrected chi connectivity index (χ0v) is 10.8. The molecule has 96 valence electrons. The number of hydrogen-bond acceptors (Lipinski definition) is 3. The van der Waals surface area contributed by atoms with Crippen LogP contribution in [0.25, 0.3) is 0 Å². The molecule has 0 spiro atoms. The van der Waals surface area contributed by atoms with Gasteiger partial charge in [-0.1, -0.05) is 0 Å². The van der Waals surface area contributed by atoms with Crippen LogP contribution in [0.1, 0.15) is 18.5 Å². The molecule has 0 radical (unpaired) electrons. The first kappa shape index (κ1) is 12.3. The highest BCUT2D eigenvalue weighted by molar-refractivity contribution is 5.79. The molecule has 0 fully saturated rings. The van der Waals surface area contributed by atoms with E-state index in [9.17, 15) is 4.79 Å². The Bertz CT molecular complexity index is 516. The molecule has 6 heteroatoms. The molecular formula is C12H17N5O. The van der Waals surface area contributed by atoms with Crippen LogP contribution in [0.2, 0.25) is 0 Å². The predicted octanol–water partition coefficient (Wildman–Crippen LogP) is 0.836. The number of aryl methyl sites for hydroxylation is 1. The summed E-state index contributed by atoms with van der Waals surface area (Å²) < 4.78 is 3.38. The van der Waals surface area contributed by atoms with Gasteiger partial charge in [0.1, 0.15) is 6.04 Å². The van der Waals surface area contributed by atoms with Gasteiger partial charge >= 0.3 is 0 Å². The third-order valence-electron chi connectivity index (χ3n) is 2.83. The number of rotatable bonds is 4. The number of carbonyl (C=O) groups excluding carboxylic acids is 1. The highest BCUT2D eigenvalue weighted by Gasteiger charge is 2.19. The molecule has 1 atom stereocenters. The minimum atomic E-state index is -0.290. The lowest BCUT2D eigenvalue weighted by Crippen LogP contribution is -2.32. The molecule has 6 nitrogen and oxygen atoms in total. The van der Waals surface area contributed by atoms with Crippen LogP contribution in [0.4, 0.5) is 0 Å². The Morgan fingerprint density at radius 2 is 2.28 bits per heavy atom. The van der Waals surface area contributed by atoms with Crippen molar-refractivity contribution in [3.63, 3.8) is 0 Å². The van der Waals surface area contributed by atoms with Gasteiger partial charge in [0.05, 0.1) is 6.20 Å². The molecule has 2 rings (SSSR count). The predicted molar refractivity (Wildman–Crippen MR) is 66.6 cm³/mol. The first-order valence-corrected chi connectivity index (χ1v) is 5.79. The second kappa shape index (κ2) is 5.03. The van der Waals surface area contributed by atoms with Crippen molar-refractivity contribution in [2.24, 2.45) is 7.05 Å². The topological polar surface area (TPSA) is 56.0 Å². The van der Waals surface area contributed by atoms with E-state index in [1.807, 2.05) is 26.2 Å². The van der Waals surface area contributed by atoms with Crippen molar-refractivity contribution in [3.05, 3.63) is 36.4 Å². The van der Waals surface area contributed by atoms with E-state index in [1.54, 1.807) is 39.9 Å². The second-order valence-electron chi connectivity index (χ2n) is 4.38. The molecule has 1 unspecified atom stereocenters. The fraction of sp³-hybridized carbons (Fsp3) is 0.417. The number of likely N-dealkylation sites (N-methyl/N-ethyl adjacent to an activating group) is 1. The fourth-order valence-electron chi connectivity index (χ4n) is 1.85. The summed E-state index contributed by atoms with van der Waals surface area (Å²) >= 11 is 0. The Kier molecular flexibility index (Phi) is 3.45. The number of carbonyl (C=O) groups is 1. The van der Waals surface area contributed by atoms with Crippen LogP contribution in [0.3, 0.4) is 0 Å². The van der Waals surface area contributed by atoms with E-state index < -0.39 is 0 Å². The standard InChI is InChI=1S/C12H17N5O/c1-10(17-6-4-5-13-17)12(18)15(2)8-11-7-14-16(3)9-11/h4-7,9-10H,8H2,1-3H3. The summed E-state index contributed by atoms with van der Waals surface area (Å²) in [5.41, 5.74) is 1.01. The van der Waals surface area contributed by atoms with Crippen molar-refractivity contribution in [3.8, 4) is 0 Å². The third-order valence-corrected chi connectivity index (χ3v) is 2.83. The summed E-state index contributed by atoms with van der Waals surface area (Å²) in [5.74, 6) is 0.0301. The SMILES string of the molecule is CC(C(=O)N(C)Cc1cnn(C)c1)n1cccn1. The lowest BCUT2D eigenvalue weighted by molar-refractivity contribution is -0.133. The van der Waals surface area contributed by atoms with Crippen molar-refractivity contribution in [1.29, 1.82) is 0 Å². The first-order valence-electron chi connectivity index (χ1n) is 5.79. The number of nitrogens with zero attached hydrogens (tertiary/aromatic N) is 5. The average molecular weight is 247 g/mol. The van der Waals surface area contributed by atoms with E-state index in [0.717, 1.165) is 5.56 Å². The molecule has 18 heavy (non-hydrogen) atoms. The lowest BCUT2D eigenvalue weighted by Gasteiger charge is -2.21. The van der Waals surface area contributed by atoms with E-state index in [0.29, 0.717) is 6.54 Å². The van der Waals surface area contributed by atoms with Gasteiger partial charge < -0.3 is 4.90 Å². The minimum Gasteiger partial charge on any atom is -0.339 e. The normalized spacial score (nSPS) is 12.4. The second-order valence-corrected chi connectivity index (χ2v) is 4.38. The third kappa shape index (κ3) is 2.58. The number of hydrogen-bond donors (Lipinski definition) is 0. The number of aromatic nitrogens is 4. The molecule has 0 saturated carbocycles. The van der Waals surface area contributed by atoms with Crippen molar-refractivity contribution >= 4 is 5.91 Å². The van der Waals surface area contributed by atoms with E-state index in [-0.39, 0.29) is 11.9 Å². The largest absolute Gasteiger partial charge is 0.339 e. The Labute approximate surface area is 106 Å². The van der Waals surface area contributed by atoms with E-state index in [2.05, 4.69) is 10.2 Å². The zero-order chi connectivity index (χ0) is 13.1. The van der Waals surface area contributed by atoms with E-state index >= 15 is 0 Å². The van der Waals surface area contributed by atoms with E-state index in [4.69, 9.17) is 0 Å². The molecule has 2 aromatic heterocycles. The Hall–Kier alpha value is -2.11. The highest BCUT2D eigenvalue weighted by Crippen LogP contribution is 2.10. The minimum absolute atomic E-state index is 0.0301. The highest BCUT2D eigenvalue weighted by atomic mass is 16.2. The quantitative estimate of drug-likeness (QED) is 0.804. The molecule has 0 saturated heterocycles. The maximum atomic E-state index is 12.2. The lowest BCUT2D eigenvalue weighted by atomic mass is 10.2. The van der Waals surface area contributed by atoms with Crippen molar-refractivity contribution in [1.82, 2.24) is 24.5 Å². The van der Waals surface area contributed by atoms with E-state index in [1.165, 1.54) is 0 Å². The molecule has 0 aromatic carbocycles. The van der Waals surface area contributed by atoms with Gasteiger partial charge in [0.2, 0.25) is 5.91 Å². The van der Waals surface area contributed by atoms with Gasteiger partial charge in [-0.05, 0) is 13.0 Å². The summed E-state index contributed by atoms with van der Waals surface area (Å²) in [6.45, 7) is 2.40. The van der Waals surface area contributed by atoms with Crippen LogP contribution in [0, 0.1) is 0 Å². The molecule has 0 aliphatic carbocycles. The monoisotopic (exact) mass is 247 g/mol. The molecule has 0 bridgehead atoms. The molecule has 1 amide bonds. The van der Waals surface area contributed by atoms with Gasteiger partial charge in [-0.3, -0.25) is 14.2 Å². The van der Waals surface area contributed by atoms with Crippen LogP contribution in [0.5, 0.6) is 0 Å². The van der Waals surface area contributed by atoms with Crippen LogP contribution < -0.4 is 0 Å². The maximum Gasteiger partial charge on any atom is 0.247 e. The summed E-state index contributed by atoms with van der Waals surface area (Å²) in [4.78, 5) is 13.9. The summed E-state index contributed by atoms with van der Waals surface area (Å²) in [6, 6.07) is 1.52. The molecular weight excluding hydrogens is 230 g/mol. The van der Waals surface area contributed by atoms with Gasteiger partial charge in [0, 0.05) is 44.8 Å². The molecule has 2 aromatic rings. The van der Waals surface area contributed by atoms with Crippen LogP contribution in [0.15, 0.2) is 30.9 Å². The Morgan fingerprint density at radius 3 is 2.83 bits per heavy atom. The first-order chi connectivity index (χ1) is 8.58. The summed E-state index contributed by atoms with van der Waals surface area (Å²) in [5, 5.41) is 8.17. The van der Waals surface area contributed by atoms with Gasteiger partial charge in [-0.2, -0.15) is 10.2 Å². The Morgan fingerprint density at radius 1 is 1.50 bits per heavy atom. The van der Waals surface area contributed by atoms with Crippen molar-refractivity contribution < 1.29 is 4.79 Å². The van der Waals surface area contributed by atoms with Crippen LogP contribution in [-0.2, 0) is 18.4 Å². The molecule has 2 heterocycles. The van der Waals surface area contributed by atoms with Gasteiger partial charge in [-0.25, -0.2) is 0 Å². The maximum absolute atomic E-state index is 12.2. The molecule has 0 aliphatic rings. The fourth-order valence-corrected chi connectivity index (χ4v) is 1.85. The van der Waals surface area contributed by atoms with Crippen molar-refractivity contribution in [2.45, 2.75) is 19.5 Å². The summed E-state index contributed by atoms with van der Waals surface area (Å²) in [6.07, 6.45) is 7.14. The van der Waals surface area contributed by atoms with Crippen LogP contribution in [-0.4, -0.2) is 37.4 Å². The molecule has 0 aliphatic heterocycles. The van der Waals surface area contributed by atoms with Crippen molar-refractivity contribution in [2.75, 3.05) is 7.05 Å². The zero-order valence-electron chi connectivity index (χ0n) is 10.8.